The van der Waals surface area contributed by atoms with Crippen LogP contribution in [0.25, 0.3) is 0 Å². The van der Waals surface area contributed by atoms with Gasteiger partial charge in [0.2, 0.25) is 5.95 Å². The largest absolute Gasteiger partial charge is 0.353 e. The molecule has 0 atom stereocenters. The lowest BCUT2D eigenvalue weighted by atomic mass is 10.3. The van der Waals surface area contributed by atoms with Crippen molar-refractivity contribution in [2.24, 2.45) is 0 Å². The Kier molecular flexibility index (Phi) is 4.80. The highest BCUT2D eigenvalue weighted by atomic mass is 15.1. The van der Waals surface area contributed by atoms with Crippen LogP contribution in [0.1, 0.15) is 17.0 Å². The van der Waals surface area contributed by atoms with Gasteiger partial charge in [-0.25, -0.2) is 9.97 Å². The second kappa shape index (κ2) is 6.80. The SMILES string of the molecule is Cc1cc(C)nc(NCCNCc2cccnc2)n1. The fourth-order valence-corrected chi connectivity index (χ4v) is 1.80. The number of aryl methyl sites for hydroxylation is 2. The van der Waals surface area contributed by atoms with E-state index < -0.39 is 0 Å². The van der Waals surface area contributed by atoms with Gasteiger partial charge in [0.15, 0.2) is 0 Å². The number of hydrogen-bond donors (Lipinski definition) is 2. The summed E-state index contributed by atoms with van der Waals surface area (Å²) >= 11 is 0. The number of pyridine rings is 1. The van der Waals surface area contributed by atoms with E-state index in [1.807, 2.05) is 32.2 Å². The molecule has 0 saturated carbocycles. The van der Waals surface area contributed by atoms with Gasteiger partial charge in [0.25, 0.3) is 0 Å². The Labute approximate surface area is 113 Å². The van der Waals surface area contributed by atoms with Gasteiger partial charge in [0.1, 0.15) is 0 Å². The van der Waals surface area contributed by atoms with E-state index in [0.29, 0.717) is 5.95 Å². The lowest BCUT2D eigenvalue weighted by Gasteiger charge is -2.07. The fraction of sp³-hybridized carbons (Fsp3) is 0.357. The number of nitrogens with zero attached hydrogens (tertiary/aromatic N) is 3. The molecule has 0 amide bonds. The predicted octanol–water partition coefficient (Wildman–Crippen LogP) is 1.69. The summed E-state index contributed by atoms with van der Waals surface area (Å²) in [5, 5.41) is 6.56. The third kappa shape index (κ3) is 4.63. The van der Waals surface area contributed by atoms with Crippen molar-refractivity contribution in [2.75, 3.05) is 18.4 Å². The molecule has 5 nitrogen and oxygen atoms in total. The average molecular weight is 257 g/mol. The molecule has 0 radical (unpaired) electrons. The molecule has 2 rings (SSSR count). The first-order valence-electron chi connectivity index (χ1n) is 6.40. The average Bonchev–Trinajstić information content (AvgIpc) is 2.38. The number of hydrogen-bond acceptors (Lipinski definition) is 5. The van der Waals surface area contributed by atoms with Crippen molar-refractivity contribution in [1.82, 2.24) is 20.3 Å². The van der Waals surface area contributed by atoms with Crippen molar-refractivity contribution < 1.29 is 0 Å². The Morgan fingerprint density at radius 2 is 1.89 bits per heavy atom. The highest BCUT2D eigenvalue weighted by Gasteiger charge is 1.98. The summed E-state index contributed by atoms with van der Waals surface area (Å²) in [6, 6.07) is 5.96. The van der Waals surface area contributed by atoms with Crippen LogP contribution in [-0.2, 0) is 6.54 Å². The van der Waals surface area contributed by atoms with E-state index in [9.17, 15) is 0 Å². The smallest absolute Gasteiger partial charge is 0.223 e. The van der Waals surface area contributed by atoms with Gasteiger partial charge in [-0.1, -0.05) is 6.07 Å². The Hall–Kier alpha value is -2.01. The van der Waals surface area contributed by atoms with Gasteiger partial charge in [-0.3, -0.25) is 4.98 Å². The van der Waals surface area contributed by atoms with Crippen molar-refractivity contribution >= 4 is 5.95 Å². The van der Waals surface area contributed by atoms with Gasteiger partial charge in [0, 0.05) is 43.4 Å². The summed E-state index contributed by atoms with van der Waals surface area (Å²) in [4.78, 5) is 12.7. The zero-order chi connectivity index (χ0) is 13.5. The van der Waals surface area contributed by atoms with Crippen LogP contribution >= 0.6 is 0 Å². The molecule has 0 saturated heterocycles. The fourth-order valence-electron chi connectivity index (χ4n) is 1.80. The summed E-state index contributed by atoms with van der Waals surface area (Å²) in [7, 11) is 0. The quantitative estimate of drug-likeness (QED) is 0.771. The molecule has 2 aromatic rings. The number of aromatic nitrogens is 3. The Morgan fingerprint density at radius 1 is 1.11 bits per heavy atom. The van der Waals surface area contributed by atoms with E-state index in [1.54, 1.807) is 6.20 Å². The maximum Gasteiger partial charge on any atom is 0.223 e. The van der Waals surface area contributed by atoms with Crippen LogP contribution in [0.5, 0.6) is 0 Å². The Morgan fingerprint density at radius 3 is 2.58 bits per heavy atom. The molecular formula is C14H19N5. The molecule has 0 fully saturated rings. The first kappa shape index (κ1) is 13.4. The van der Waals surface area contributed by atoms with Crippen LogP contribution in [0.2, 0.25) is 0 Å². The molecule has 0 aliphatic carbocycles. The van der Waals surface area contributed by atoms with Gasteiger partial charge >= 0.3 is 0 Å². The maximum atomic E-state index is 4.33. The van der Waals surface area contributed by atoms with E-state index in [1.165, 1.54) is 5.56 Å². The van der Waals surface area contributed by atoms with Crippen LogP contribution in [0.4, 0.5) is 5.95 Å². The minimum absolute atomic E-state index is 0.695. The van der Waals surface area contributed by atoms with E-state index in [-0.39, 0.29) is 0 Å². The molecule has 0 aliphatic heterocycles. The molecule has 0 unspecified atom stereocenters. The third-order valence-corrected chi connectivity index (χ3v) is 2.62. The zero-order valence-corrected chi connectivity index (χ0v) is 11.3. The highest BCUT2D eigenvalue weighted by molar-refractivity contribution is 5.27. The maximum absolute atomic E-state index is 4.33. The minimum Gasteiger partial charge on any atom is -0.353 e. The molecule has 2 N–H and O–H groups in total. The van der Waals surface area contributed by atoms with Crippen LogP contribution in [-0.4, -0.2) is 28.0 Å². The summed E-state index contributed by atoms with van der Waals surface area (Å²) in [6.07, 6.45) is 3.65. The molecule has 2 heterocycles. The molecule has 2 aromatic heterocycles. The van der Waals surface area contributed by atoms with Crippen molar-refractivity contribution in [3.05, 3.63) is 47.5 Å². The van der Waals surface area contributed by atoms with Crippen molar-refractivity contribution in [2.45, 2.75) is 20.4 Å². The van der Waals surface area contributed by atoms with Crippen LogP contribution in [0.15, 0.2) is 30.6 Å². The Bertz CT molecular complexity index is 492. The van der Waals surface area contributed by atoms with Gasteiger partial charge in [-0.2, -0.15) is 0 Å². The molecule has 5 heteroatoms. The second-order valence-electron chi connectivity index (χ2n) is 4.44. The summed E-state index contributed by atoms with van der Waals surface area (Å²) < 4.78 is 0. The van der Waals surface area contributed by atoms with Crippen molar-refractivity contribution in [3.63, 3.8) is 0 Å². The second-order valence-corrected chi connectivity index (χ2v) is 4.44. The number of nitrogens with one attached hydrogen (secondary N) is 2. The van der Waals surface area contributed by atoms with E-state index >= 15 is 0 Å². The molecule has 0 aromatic carbocycles. The van der Waals surface area contributed by atoms with E-state index in [2.05, 4.69) is 31.7 Å². The number of rotatable bonds is 6. The third-order valence-electron chi connectivity index (χ3n) is 2.62. The molecule has 0 bridgehead atoms. The summed E-state index contributed by atoms with van der Waals surface area (Å²) in [5.41, 5.74) is 3.15. The molecular weight excluding hydrogens is 238 g/mol. The molecule has 0 aliphatic rings. The first-order valence-corrected chi connectivity index (χ1v) is 6.40. The van der Waals surface area contributed by atoms with Crippen LogP contribution in [0.3, 0.4) is 0 Å². The van der Waals surface area contributed by atoms with Crippen molar-refractivity contribution in [3.8, 4) is 0 Å². The van der Waals surface area contributed by atoms with Gasteiger partial charge < -0.3 is 10.6 Å². The lowest BCUT2D eigenvalue weighted by Crippen LogP contribution is -2.22. The molecule has 19 heavy (non-hydrogen) atoms. The molecule has 100 valence electrons. The van der Waals surface area contributed by atoms with Gasteiger partial charge in [-0.05, 0) is 31.5 Å². The van der Waals surface area contributed by atoms with Crippen LogP contribution < -0.4 is 10.6 Å². The number of anilines is 1. The minimum atomic E-state index is 0.695. The van der Waals surface area contributed by atoms with Crippen LogP contribution in [0, 0.1) is 13.8 Å². The topological polar surface area (TPSA) is 62.7 Å². The van der Waals surface area contributed by atoms with Crippen molar-refractivity contribution in [1.29, 1.82) is 0 Å². The predicted molar refractivity (Wildman–Crippen MR) is 75.9 cm³/mol. The highest BCUT2D eigenvalue weighted by Crippen LogP contribution is 2.02. The van der Waals surface area contributed by atoms with Gasteiger partial charge in [0.05, 0.1) is 0 Å². The van der Waals surface area contributed by atoms with E-state index in [0.717, 1.165) is 31.0 Å². The molecule has 0 spiro atoms. The normalized spacial score (nSPS) is 10.4. The van der Waals surface area contributed by atoms with Gasteiger partial charge in [-0.15, -0.1) is 0 Å². The zero-order valence-electron chi connectivity index (χ0n) is 11.3. The Balaban J connectivity index is 1.69. The standard InChI is InChI=1S/C14H19N5/c1-11-8-12(2)19-14(18-11)17-7-6-16-10-13-4-3-5-15-9-13/h3-5,8-9,16H,6-7,10H2,1-2H3,(H,17,18,19). The first-order chi connectivity index (χ1) is 9.24. The monoisotopic (exact) mass is 257 g/mol. The summed E-state index contributed by atoms with van der Waals surface area (Å²) in [5.74, 6) is 0.695. The summed E-state index contributed by atoms with van der Waals surface area (Å²) in [6.45, 7) is 6.42. The lowest BCUT2D eigenvalue weighted by molar-refractivity contribution is 0.702. The van der Waals surface area contributed by atoms with E-state index in [4.69, 9.17) is 0 Å².